The quantitative estimate of drug-likeness (QED) is 0.646. The van der Waals surface area contributed by atoms with Crippen LogP contribution < -0.4 is 10.6 Å². The van der Waals surface area contributed by atoms with Crippen molar-refractivity contribution in [3.8, 4) is 0 Å². The largest absolute Gasteiger partial charge is 0.347 e. The molecule has 0 rings (SSSR count). The Hall–Kier alpha value is -1.10. The first kappa shape index (κ1) is 13.9. The van der Waals surface area contributed by atoms with Crippen LogP contribution in [0.25, 0.3) is 0 Å². The molecule has 15 heavy (non-hydrogen) atoms. The fourth-order valence-electron chi connectivity index (χ4n) is 1.08. The fraction of sp³-hybridized carbons (Fsp3) is 0.800. The van der Waals surface area contributed by atoms with Gasteiger partial charge in [-0.05, 0) is 20.9 Å². The van der Waals surface area contributed by atoms with Crippen LogP contribution in [-0.2, 0) is 9.59 Å². The SMILES string of the molecule is CNCC(C)(C)C(=O)NCC(=O)N(C)C. The molecule has 2 amide bonds. The zero-order chi connectivity index (χ0) is 12.1. The maximum absolute atomic E-state index is 11.7. The third kappa shape index (κ3) is 4.78. The Bertz CT molecular complexity index is 237. The summed E-state index contributed by atoms with van der Waals surface area (Å²) in [6, 6.07) is 0. The van der Waals surface area contributed by atoms with E-state index in [0.29, 0.717) is 6.54 Å². The van der Waals surface area contributed by atoms with Crippen molar-refractivity contribution in [1.29, 1.82) is 0 Å². The summed E-state index contributed by atoms with van der Waals surface area (Å²) in [5.74, 6) is -0.226. The highest BCUT2D eigenvalue weighted by molar-refractivity contribution is 5.87. The second-order valence-electron chi connectivity index (χ2n) is 4.39. The molecule has 0 aromatic rings. The zero-order valence-corrected chi connectivity index (χ0v) is 10.2. The molecule has 0 atom stereocenters. The summed E-state index contributed by atoms with van der Waals surface area (Å²) < 4.78 is 0. The number of amides is 2. The minimum absolute atomic E-state index is 0.0545. The van der Waals surface area contributed by atoms with Crippen LogP contribution >= 0.6 is 0 Å². The van der Waals surface area contributed by atoms with E-state index in [0.717, 1.165) is 0 Å². The predicted molar refractivity (Wildman–Crippen MR) is 59.4 cm³/mol. The second-order valence-corrected chi connectivity index (χ2v) is 4.39. The molecule has 0 aliphatic carbocycles. The average molecular weight is 215 g/mol. The number of hydrogen-bond donors (Lipinski definition) is 2. The van der Waals surface area contributed by atoms with Gasteiger partial charge in [0.05, 0.1) is 12.0 Å². The Labute approximate surface area is 91.2 Å². The predicted octanol–water partition coefficient (Wildman–Crippen LogP) is -0.564. The number of nitrogens with one attached hydrogen (secondary N) is 2. The molecule has 0 saturated carbocycles. The minimum atomic E-state index is -0.499. The van der Waals surface area contributed by atoms with Gasteiger partial charge in [-0.3, -0.25) is 9.59 Å². The molecule has 0 radical (unpaired) electrons. The van der Waals surface area contributed by atoms with Crippen molar-refractivity contribution in [2.24, 2.45) is 5.41 Å². The molecule has 0 aliphatic rings. The summed E-state index contributed by atoms with van der Waals surface area (Å²) in [5.41, 5.74) is -0.499. The topological polar surface area (TPSA) is 61.4 Å². The van der Waals surface area contributed by atoms with Gasteiger partial charge in [0.25, 0.3) is 0 Å². The Kier molecular flexibility index (Phi) is 5.28. The van der Waals surface area contributed by atoms with E-state index in [4.69, 9.17) is 0 Å². The van der Waals surface area contributed by atoms with E-state index < -0.39 is 5.41 Å². The van der Waals surface area contributed by atoms with Gasteiger partial charge in [0.2, 0.25) is 11.8 Å². The molecule has 5 heteroatoms. The van der Waals surface area contributed by atoms with Gasteiger partial charge in [0.1, 0.15) is 0 Å². The fourth-order valence-corrected chi connectivity index (χ4v) is 1.08. The van der Waals surface area contributed by atoms with Crippen molar-refractivity contribution in [1.82, 2.24) is 15.5 Å². The molecule has 0 bridgehead atoms. The molecular formula is C10H21N3O2. The van der Waals surface area contributed by atoms with E-state index in [1.165, 1.54) is 4.90 Å². The molecule has 0 heterocycles. The molecule has 2 N–H and O–H groups in total. The Morgan fingerprint density at radius 2 is 1.80 bits per heavy atom. The molecule has 88 valence electrons. The van der Waals surface area contributed by atoms with Gasteiger partial charge in [0, 0.05) is 20.6 Å². The third-order valence-corrected chi connectivity index (χ3v) is 2.13. The maximum atomic E-state index is 11.7. The molecule has 0 unspecified atom stereocenters. The summed E-state index contributed by atoms with van der Waals surface area (Å²) in [6.45, 7) is 4.30. The molecule has 0 aromatic heterocycles. The molecule has 0 spiro atoms. The summed E-state index contributed by atoms with van der Waals surface area (Å²) in [7, 11) is 5.11. The lowest BCUT2D eigenvalue weighted by Gasteiger charge is -2.23. The van der Waals surface area contributed by atoms with E-state index in [9.17, 15) is 9.59 Å². The summed E-state index contributed by atoms with van der Waals surface area (Å²) in [5, 5.41) is 5.56. The molecular weight excluding hydrogens is 194 g/mol. The highest BCUT2D eigenvalue weighted by atomic mass is 16.2. The molecule has 5 nitrogen and oxygen atoms in total. The molecule has 0 aliphatic heterocycles. The lowest BCUT2D eigenvalue weighted by Crippen LogP contribution is -2.45. The van der Waals surface area contributed by atoms with Crippen LogP contribution in [0.5, 0.6) is 0 Å². The van der Waals surface area contributed by atoms with Gasteiger partial charge in [-0.1, -0.05) is 0 Å². The van der Waals surface area contributed by atoms with Crippen molar-refractivity contribution >= 4 is 11.8 Å². The van der Waals surface area contributed by atoms with E-state index in [2.05, 4.69) is 10.6 Å². The van der Waals surface area contributed by atoms with E-state index >= 15 is 0 Å². The number of likely N-dealkylation sites (N-methyl/N-ethyl adjacent to an activating group) is 1. The van der Waals surface area contributed by atoms with Crippen molar-refractivity contribution in [3.05, 3.63) is 0 Å². The number of hydrogen-bond acceptors (Lipinski definition) is 3. The first-order valence-corrected chi connectivity index (χ1v) is 4.94. The number of nitrogens with zero attached hydrogens (tertiary/aromatic N) is 1. The van der Waals surface area contributed by atoms with Crippen LogP contribution in [0.15, 0.2) is 0 Å². The minimum Gasteiger partial charge on any atom is -0.347 e. The second kappa shape index (κ2) is 5.70. The molecule has 0 fully saturated rings. The normalized spacial score (nSPS) is 11.0. The first-order chi connectivity index (χ1) is 6.81. The number of carbonyl (C=O) groups is 2. The first-order valence-electron chi connectivity index (χ1n) is 4.94. The summed E-state index contributed by atoms with van der Waals surface area (Å²) in [6.07, 6.45) is 0. The number of carbonyl (C=O) groups excluding carboxylic acids is 2. The van der Waals surface area contributed by atoms with Crippen LogP contribution in [0.1, 0.15) is 13.8 Å². The van der Waals surface area contributed by atoms with Crippen molar-refractivity contribution in [2.45, 2.75) is 13.8 Å². The zero-order valence-electron chi connectivity index (χ0n) is 10.2. The van der Waals surface area contributed by atoms with Crippen molar-refractivity contribution in [2.75, 3.05) is 34.2 Å². The van der Waals surface area contributed by atoms with Gasteiger partial charge in [0.15, 0.2) is 0 Å². The highest BCUT2D eigenvalue weighted by Crippen LogP contribution is 2.12. The van der Waals surface area contributed by atoms with E-state index in [1.54, 1.807) is 21.1 Å². The van der Waals surface area contributed by atoms with Crippen molar-refractivity contribution in [3.63, 3.8) is 0 Å². The summed E-state index contributed by atoms with van der Waals surface area (Å²) >= 11 is 0. The third-order valence-electron chi connectivity index (χ3n) is 2.13. The average Bonchev–Trinajstić information content (AvgIpc) is 2.13. The van der Waals surface area contributed by atoms with Gasteiger partial charge in [-0.2, -0.15) is 0 Å². The summed E-state index contributed by atoms with van der Waals surface area (Å²) in [4.78, 5) is 24.3. The Morgan fingerprint density at radius 3 is 2.20 bits per heavy atom. The molecule has 0 aromatic carbocycles. The van der Waals surface area contributed by atoms with Crippen molar-refractivity contribution < 1.29 is 9.59 Å². The maximum Gasteiger partial charge on any atom is 0.241 e. The van der Waals surface area contributed by atoms with E-state index in [-0.39, 0.29) is 18.4 Å². The molecule has 0 saturated heterocycles. The standard InChI is InChI=1S/C10H21N3O2/c1-10(2,7-11-3)9(15)12-6-8(14)13(4)5/h11H,6-7H2,1-5H3,(H,12,15). The van der Waals surface area contributed by atoms with Crippen LogP contribution in [0.4, 0.5) is 0 Å². The smallest absolute Gasteiger partial charge is 0.241 e. The van der Waals surface area contributed by atoms with Gasteiger partial charge in [-0.15, -0.1) is 0 Å². The van der Waals surface area contributed by atoms with Gasteiger partial charge >= 0.3 is 0 Å². The van der Waals surface area contributed by atoms with Crippen LogP contribution in [0, 0.1) is 5.41 Å². The highest BCUT2D eigenvalue weighted by Gasteiger charge is 2.26. The van der Waals surface area contributed by atoms with Gasteiger partial charge in [-0.25, -0.2) is 0 Å². The monoisotopic (exact) mass is 215 g/mol. The Balaban J connectivity index is 4.09. The lowest BCUT2D eigenvalue weighted by molar-refractivity contribution is -0.134. The van der Waals surface area contributed by atoms with Crippen LogP contribution in [0.2, 0.25) is 0 Å². The van der Waals surface area contributed by atoms with Crippen LogP contribution in [0.3, 0.4) is 0 Å². The van der Waals surface area contributed by atoms with E-state index in [1.807, 2.05) is 13.8 Å². The Morgan fingerprint density at radius 1 is 1.27 bits per heavy atom. The number of rotatable bonds is 5. The van der Waals surface area contributed by atoms with Crippen LogP contribution in [-0.4, -0.2) is 50.9 Å². The lowest BCUT2D eigenvalue weighted by atomic mass is 9.92. The van der Waals surface area contributed by atoms with Gasteiger partial charge < -0.3 is 15.5 Å².